The van der Waals surface area contributed by atoms with E-state index in [0.717, 1.165) is 19.4 Å². The topological polar surface area (TPSA) is 20.3 Å². The van der Waals surface area contributed by atoms with Crippen molar-refractivity contribution >= 4 is 5.91 Å². The Morgan fingerprint density at radius 3 is 2.81 bits per heavy atom. The van der Waals surface area contributed by atoms with E-state index in [9.17, 15) is 4.79 Å². The summed E-state index contributed by atoms with van der Waals surface area (Å²) in [5, 5.41) is 0. The van der Waals surface area contributed by atoms with Gasteiger partial charge in [-0.15, -0.1) is 0 Å². The summed E-state index contributed by atoms with van der Waals surface area (Å²) >= 11 is 0. The monoisotopic (exact) mass is 217 g/mol. The zero-order chi connectivity index (χ0) is 11.7. The van der Waals surface area contributed by atoms with Gasteiger partial charge in [0.05, 0.1) is 0 Å². The normalized spacial score (nSPS) is 19.4. The molecule has 1 aliphatic rings. The summed E-state index contributed by atoms with van der Waals surface area (Å²) in [6.07, 6.45) is 2.04. The standard InChI is InChI=1S/C14H19NO/c1-4-12-5-6-13-7-10(2)15(11(3)16)9-14(13)8-12/h5-6,8,10H,4,7,9H2,1-3H3. The van der Waals surface area contributed by atoms with E-state index in [1.54, 1.807) is 6.92 Å². The number of hydrogen-bond acceptors (Lipinski definition) is 1. The fraction of sp³-hybridized carbons (Fsp3) is 0.500. The highest BCUT2D eigenvalue weighted by molar-refractivity contribution is 5.74. The van der Waals surface area contributed by atoms with Gasteiger partial charge in [-0.1, -0.05) is 25.1 Å². The minimum atomic E-state index is 0.181. The number of fused-ring (bicyclic) bond motifs is 1. The molecule has 2 heteroatoms. The number of nitrogens with zero attached hydrogens (tertiary/aromatic N) is 1. The molecule has 16 heavy (non-hydrogen) atoms. The second kappa shape index (κ2) is 4.28. The van der Waals surface area contributed by atoms with Gasteiger partial charge in [0.2, 0.25) is 5.91 Å². The average molecular weight is 217 g/mol. The molecule has 0 N–H and O–H groups in total. The van der Waals surface area contributed by atoms with Crippen LogP contribution >= 0.6 is 0 Å². The molecule has 86 valence electrons. The summed E-state index contributed by atoms with van der Waals surface area (Å²) in [6, 6.07) is 7.01. The van der Waals surface area contributed by atoms with E-state index in [1.165, 1.54) is 16.7 Å². The minimum absolute atomic E-state index is 0.181. The highest BCUT2D eigenvalue weighted by atomic mass is 16.2. The second-order valence-electron chi connectivity index (χ2n) is 4.66. The largest absolute Gasteiger partial charge is 0.336 e. The predicted octanol–water partition coefficient (Wildman–Crippen LogP) is 2.54. The number of carbonyl (C=O) groups excluding carboxylic acids is 1. The molecule has 1 unspecified atom stereocenters. The van der Waals surface area contributed by atoms with Crippen molar-refractivity contribution in [3.8, 4) is 0 Å². The Hall–Kier alpha value is -1.31. The van der Waals surface area contributed by atoms with E-state index in [1.807, 2.05) is 4.90 Å². The second-order valence-corrected chi connectivity index (χ2v) is 4.66. The van der Waals surface area contributed by atoms with Gasteiger partial charge in [0.15, 0.2) is 0 Å². The molecule has 0 aromatic heterocycles. The third kappa shape index (κ3) is 1.97. The van der Waals surface area contributed by atoms with Crippen LogP contribution in [0.5, 0.6) is 0 Å². The maximum Gasteiger partial charge on any atom is 0.219 e. The highest BCUT2D eigenvalue weighted by Crippen LogP contribution is 2.24. The van der Waals surface area contributed by atoms with Crippen molar-refractivity contribution in [2.45, 2.75) is 46.2 Å². The molecule has 0 radical (unpaired) electrons. The predicted molar refractivity (Wildman–Crippen MR) is 65.2 cm³/mol. The van der Waals surface area contributed by atoms with E-state index >= 15 is 0 Å². The van der Waals surface area contributed by atoms with Crippen LogP contribution in [0, 0.1) is 0 Å². The van der Waals surface area contributed by atoms with Gasteiger partial charge >= 0.3 is 0 Å². The van der Waals surface area contributed by atoms with Crippen molar-refractivity contribution in [2.24, 2.45) is 0 Å². The zero-order valence-corrected chi connectivity index (χ0v) is 10.3. The first-order valence-corrected chi connectivity index (χ1v) is 5.99. The fourth-order valence-electron chi connectivity index (χ4n) is 2.44. The Labute approximate surface area is 97.3 Å². The molecule has 2 nitrogen and oxygen atoms in total. The van der Waals surface area contributed by atoms with E-state index < -0.39 is 0 Å². The molecule has 1 aliphatic heterocycles. The first-order chi connectivity index (χ1) is 7.61. The van der Waals surface area contributed by atoms with Crippen LogP contribution < -0.4 is 0 Å². The highest BCUT2D eigenvalue weighted by Gasteiger charge is 2.24. The first kappa shape index (κ1) is 11.2. The molecule has 1 aromatic rings. The van der Waals surface area contributed by atoms with Crippen molar-refractivity contribution < 1.29 is 4.79 Å². The molecule has 1 amide bonds. The molecule has 1 aromatic carbocycles. The Balaban J connectivity index is 2.32. The summed E-state index contributed by atoms with van der Waals surface area (Å²) in [5.41, 5.74) is 4.09. The van der Waals surface area contributed by atoms with Gasteiger partial charge in [-0.2, -0.15) is 0 Å². The quantitative estimate of drug-likeness (QED) is 0.708. The van der Waals surface area contributed by atoms with Gasteiger partial charge in [-0.3, -0.25) is 4.79 Å². The van der Waals surface area contributed by atoms with E-state index in [-0.39, 0.29) is 5.91 Å². The summed E-state index contributed by atoms with van der Waals surface area (Å²) in [4.78, 5) is 13.5. The van der Waals surface area contributed by atoms with Gasteiger partial charge in [-0.05, 0) is 36.5 Å². The van der Waals surface area contributed by atoms with Gasteiger partial charge in [0, 0.05) is 19.5 Å². The van der Waals surface area contributed by atoms with Gasteiger partial charge in [0.1, 0.15) is 0 Å². The SMILES string of the molecule is CCc1ccc2c(c1)CN(C(C)=O)C(C)C2. The third-order valence-corrected chi connectivity index (χ3v) is 3.47. The lowest BCUT2D eigenvalue weighted by atomic mass is 9.93. The Kier molecular flexibility index (Phi) is 2.99. The molecule has 1 atom stereocenters. The molecule has 2 rings (SSSR count). The van der Waals surface area contributed by atoms with Crippen LogP contribution in [0.15, 0.2) is 18.2 Å². The molecule has 0 saturated heterocycles. The van der Waals surface area contributed by atoms with Crippen molar-refractivity contribution in [3.63, 3.8) is 0 Å². The summed E-state index contributed by atoms with van der Waals surface area (Å²) in [6.45, 7) is 6.72. The molecule has 0 aliphatic carbocycles. The Morgan fingerprint density at radius 1 is 1.44 bits per heavy atom. The van der Waals surface area contributed by atoms with Crippen LogP contribution in [0.4, 0.5) is 0 Å². The average Bonchev–Trinajstić information content (AvgIpc) is 2.27. The maximum absolute atomic E-state index is 11.5. The summed E-state index contributed by atoms with van der Waals surface area (Å²) < 4.78 is 0. The zero-order valence-electron chi connectivity index (χ0n) is 10.3. The lowest BCUT2D eigenvalue weighted by molar-refractivity contribution is -0.131. The Bertz CT molecular complexity index is 411. The van der Waals surface area contributed by atoms with Gasteiger partial charge < -0.3 is 4.90 Å². The molecule has 1 heterocycles. The molecule has 0 fully saturated rings. The van der Waals surface area contributed by atoms with Crippen molar-refractivity contribution in [1.82, 2.24) is 4.90 Å². The molecule has 0 spiro atoms. The summed E-state index contributed by atoms with van der Waals surface area (Å²) in [5.74, 6) is 0.181. The van der Waals surface area contributed by atoms with Crippen LogP contribution in [0.1, 0.15) is 37.5 Å². The molecule has 0 saturated carbocycles. The van der Waals surface area contributed by atoms with Crippen LogP contribution in [0.2, 0.25) is 0 Å². The lowest BCUT2D eigenvalue weighted by Crippen LogP contribution is -2.41. The van der Waals surface area contributed by atoms with Crippen molar-refractivity contribution in [2.75, 3.05) is 0 Å². The van der Waals surface area contributed by atoms with Gasteiger partial charge in [0.25, 0.3) is 0 Å². The number of rotatable bonds is 1. The smallest absolute Gasteiger partial charge is 0.219 e. The number of aryl methyl sites for hydroxylation is 1. The van der Waals surface area contributed by atoms with Crippen molar-refractivity contribution in [1.29, 1.82) is 0 Å². The van der Waals surface area contributed by atoms with Crippen LogP contribution in [0.25, 0.3) is 0 Å². The van der Waals surface area contributed by atoms with Crippen molar-refractivity contribution in [3.05, 3.63) is 34.9 Å². The molecule has 0 bridgehead atoms. The third-order valence-electron chi connectivity index (χ3n) is 3.47. The van der Waals surface area contributed by atoms with Crippen LogP contribution in [-0.2, 0) is 24.2 Å². The molecular weight excluding hydrogens is 198 g/mol. The summed E-state index contributed by atoms with van der Waals surface area (Å²) in [7, 11) is 0. The number of hydrogen-bond donors (Lipinski definition) is 0. The van der Waals surface area contributed by atoms with E-state index in [4.69, 9.17) is 0 Å². The van der Waals surface area contributed by atoms with Crippen LogP contribution in [-0.4, -0.2) is 16.8 Å². The van der Waals surface area contributed by atoms with Gasteiger partial charge in [-0.25, -0.2) is 0 Å². The minimum Gasteiger partial charge on any atom is -0.336 e. The van der Waals surface area contributed by atoms with E-state index in [2.05, 4.69) is 32.0 Å². The fourth-order valence-corrected chi connectivity index (χ4v) is 2.44. The number of benzene rings is 1. The Morgan fingerprint density at radius 2 is 2.19 bits per heavy atom. The molecular formula is C14H19NO. The number of amides is 1. The first-order valence-electron chi connectivity index (χ1n) is 5.99. The van der Waals surface area contributed by atoms with Crippen LogP contribution in [0.3, 0.4) is 0 Å². The number of carbonyl (C=O) groups is 1. The maximum atomic E-state index is 11.5. The lowest BCUT2D eigenvalue weighted by Gasteiger charge is -2.34. The van der Waals surface area contributed by atoms with E-state index in [0.29, 0.717) is 6.04 Å².